The summed E-state index contributed by atoms with van der Waals surface area (Å²) < 4.78 is 0. The third-order valence-corrected chi connectivity index (χ3v) is 5.21. The predicted octanol–water partition coefficient (Wildman–Crippen LogP) is 4.37. The fourth-order valence-corrected chi connectivity index (χ4v) is 4.01. The van der Waals surface area contributed by atoms with Gasteiger partial charge in [-0.1, -0.05) is 18.7 Å². The molecular formula is C21H23N3O. The highest BCUT2D eigenvalue weighted by atomic mass is 16.1. The van der Waals surface area contributed by atoms with Gasteiger partial charge in [-0.2, -0.15) is 0 Å². The van der Waals surface area contributed by atoms with Gasteiger partial charge in [0.25, 0.3) is 0 Å². The molecule has 0 saturated carbocycles. The number of nitrogens with zero attached hydrogens (tertiary/aromatic N) is 1. The van der Waals surface area contributed by atoms with Gasteiger partial charge in [-0.15, -0.1) is 0 Å². The molecule has 2 aliphatic rings. The second-order valence-electron chi connectivity index (χ2n) is 6.83. The Morgan fingerprint density at radius 2 is 2.16 bits per heavy atom. The van der Waals surface area contributed by atoms with Crippen LogP contribution in [0.4, 0.5) is 0 Å². The molecule has 4 nitrogen and oxygen atoms in total. The molecule has 0 fully saturated rings. The van der Waals surface area contributed by atoms with Crippen molar-refractivity contribution in [3.05, 3.63) is 54.4 Å². The van der Waals surface area contributed by atoms with Crippen molar-refractivity contribution in [1.82, 2.24) is 15.3 Å². The minimum absolute atomic E-state index is 0.0930. The minimum Gasteiger partial charge on any atom is -0.349 e. The number of H-pyrrole nitrogens is 1. The second kappa shape index (κ2) is 6.71. The normalized spacial score (nSPS) is 20.2. The van der Waals surface area contributed by atoms with Crippen LogP contribution in [0.2, 0.25) is 0 Å². The Morgan fingerprint density at radius 1 is 1.28 bits per heavy atom. The first kappa shape index (κ1) is 15.9. The Bertz CT molecular complexity index is 888. The molecule has 0 aromatic carbocycles. The van der Waals surface area contributed by atoms with Crippen LogP contribution in [0.1, 0.15) is 49.7 Å². The van der Waals surface area contributed by atoms with Crippen LogP contribution in [-0.2, 0) is 4.79 Å². The third kappa shape index (κ3) is 3.04. The zero-order valence-corrected chi connectivity index (χ0v) is 14.3. The Morgan fingerprint density at radius 3 is 2.96 bits per heavy atom. The van der Waals surface area contributed by atoms with Crippen LogP contribution in [-0.4, -0.2) is 21.9 Å². The molecule has 0 saturated heterocycles. The lowest BCUT2D eigenvalue weighted by Gasteiger charge is -2.24. The van der Waals surface area contributed by atoms with E-state index >= 15 is 0 Å². The van der Waals surface area contributed by atoms with Gasteiger partial charge in [0.1, 0.15) is 5.65 Å². The van der Waals surface area contributed by atoms with Crippen LogP contribution in [0.5, 0.6) is 0 Å². The maximum absolute atomic E-state index is 11.7. The van der Waals surface area contributed by atoms with E-state index in [4.69, 9.17) is 0 Å². The highest BCUT2D eigenvalue weighted by Crippen LogP contribution is 2.38. The van der Waals surface area contributed by atoms with Gasteiger partial charge in [-0.25, -0.2) is 4.98 Å². The van der Waals surface area contributed by atoms with E-state index in [9.17, 15) is 4.79 Å². The van der Waals surface area contributed by atoms with E-state index in [-0.39, 0.29) is 11.9 Å². The highest BCUT2D eigenvalue weighted by molar-refractivity contribution is 5.99. The Labute approximate surface area is 147 Å². The molecule has 1 atom stereocenters. The lowest BCUT2D eigenvalue weighted by Crippen LogP contribution is -2.34. The molecule has 2 N–H and O–H groups in total. The molecule has 2 aliphatic carbocycles. The highest BCUT2D eigenvalue weighted by Gasteiger charge is 2.22. The SMILES string of the molecule is C=CC(=O)NC1CCC=C(c2ccnc3[nH]cc(C4=CCCC4)c23)C1. The summed E-state index contributed by atoms with van der Waals surface area (Å²) in [6.07, 6.45) is 16.3. The van der Waals surface area contributed by atoms with E-state index in [1.54, 1.807) is 0 Å². The Hall–Kier alpha value is -2.62. The third-order valence-electron chi connectivity index (χ3n) is 5.21. The Balaban J connectivity index is 1.71. The smallest absolute Gasteiger partial charge is 0.243 e. The lowest BCUT2D eigenvalue weighted by atomic mass is 9.88. The lowest BCUT2D eigenvalue weighted by molar-refractivity contribution is -0.117. The molecule has 4 heteroatoms. The summed E-state index contributed by atoms with van der Waals surface area (Å²) in [6.45, 7) is 3.55. The molecule has 2 aromatic heterocycles. The van der Waals surface area contributed by atoms with Crippen molar-refractivity contribution < 1.29 is 4.79 Å². The van der Waals surface area contributed by atoms with Gasteiger partial charge in [0.2, 0.25) is 5.91 Å². The molecular weight excluding hydrogens is 310 g/mol. The van der Waals surface area contributed by atoms with E-state index in [0.717, 1.165) is 37.8 Å². The number of hydrogen-bond acceptors (Lipinski definition) is 2. The van der Waals surface area contributed by atoms with Crippen molar-refractivity contribution in [2.24, 2.45) is 0 Å². The van der Waals surface area contributed by atoms with Gasteiger partial charge >= 0.3 is 0 Å². The summed E-state index contributed by atoms with van der Waals surface area (Å²) in [7, 11) is 0. The van der Waals surface area contributed by atoms with Crippen molar-refractivity contribution in [3.63, 3.8) is 0 Å². The summed E-state index contributed by atoms with van der Waals surface area (Å²) in [5.74, 6) is -0.0930. The van der Waals surface area contributed by atoms with Gasteiger partial charge in [0.05, 0.1) is 0 Å². The van der Waals surface area contributed by atoms with Crippen LogP contribution in [0.3, 0.4) is 0 Å². The van der Waals surface area contributed by atoms with Crippen LogP contribution < -0.4 is 5.32 Å². The van der Waals surface area contributed by atoms with E-state index in [1.165, 1.54) is 40.2 Å². The van der Waals surface area contributed by atoms with Crippen LogP contribution in [0.15, 0.2) is 43.3 Å². The van der Waals surface area contributed by atoms with Crippen LogP contribution >= 0.6 is 0 Å². The van der Waals surface area contributed by atoms with Crippen molar-refractivity contribution >= 4 is 28.1 Å². The summed E-state index contributed by atoms with van der Waals surface area (Å²) >= 11 is 0. The molecule has 4 rings (SSSR count). The fourth-order valence-electron chi connectivity index (χ4n) is 4.01. The maximum Gasteiger partial charge on any atom is 0.243 e. The number of aromatic nitrogens is 2. The molecule has 0 bridgehead atoms. The maximum atomic E-state index is 11.7. The van der Waals surface area contributed by atoms with Gasteiger partial charge in [-0.05, 0) is 67.4 Å². The molecule has 2 aromatic rings. The molecule has 128 valence electrons. The number of pyridine rings is 1. The average Bonchev–Trinajstić information content (AvgIpc) is 3.30. The number of nitrogens with one attached hydrogen (secondary N) is 2. The number of rotatable bonds is 4. The Kier molecular flexibility index (Phi) is 4.26. The van der Waals surface area contributed by atoms with Crippen LogP contribution in [0.25, 0.3) is 22.2 Å². The van der Waals surface area contributed by atoms with E-state index < -0.39 is 0 Å². The molecule has 1 unspecified atom stereocenters. The first-order valence-corrected chi connectivity index (χ1v) is 9.04. The number of allylic oxidation sites excluding steroid dienone is 3. The van der Waals surface area contributed by atoms with E-state index in [0.29, 0.717) is 0 Å². The van der Waals surface area contributed by atoms with Gasteiger partial charge in [0, 0.05) is 29.4 Å². The zero-order chi connectivity index (χ0) is 17.2. The number of hydrogen-bond donors (Lipinski definition) is 2. The quantitative estimate of drug-likeness (QED) is 0.816. The molecule has 0 radical (unpaired) electrons. The first-order chi connectivity index (χ1) is 12.3. The summed E-state index contributed by atoms with van der Waals surface area (Å²) in [6, 6.07) is 2.28. The second-order valence-corrected chi connectivity index (χ2v) is 6.83. The van der Waals surface area contributed by atoms with Crippen LogP contribution in [0, 0.1) is 0 Å². The number of carbonyl (C=O) groups excluding carboxylic acids is 1. The molecule has 2 heterocycles. The standard InChI is InChI=1S/C21H23N3O/c1-2-19(25)24-16-9-5-8-15(12-16)17-10-11-22-21-20(17)18(13-23-21)14-6-3-4-7-14/h2,6,8,10-11,13,16H,1,3-5,7,9,12H2,(H,22,23)(H,24,25). The molecule has 25 heavy (non-hydrogen) atoms. The first-order valence-electron chi connectivity index (χ1n) is 9.04. The van der Waals surface area contributed by atoms with Gasteiger partial charge < -0.3 is 10.3 Å². The largest absolute Gasteiger partial charge is 0.349 e. The summed E-state index contributed by atoms with van der Waals surface area (Å²) in [4.78, 5) is 19.5. The zero-order valence-electron chi connectivity index (χ0n) is 14.3. The predicted molar refractivity (Wildman–Crippen MR) is 102 cm³/mol. The van der Waals surface area contributed by atoms with Crippen molar-refractivity contribution in [1.29, 1.82) is 0 Å². The number of aromatic amines is 1. The fraction of sp³-hybridized carbons (Fsp3) is 0.333. The van der Waals surface area contributed by atoms with Crippen molar-refractivity contribution in [2.75, 3.05) is 0 Å². The molecule has 0 spiro atoms. The van der Waals surface area contributed by atoms with Crippen molar-refractivity contribution in [2.45, 2.75) is 44.6 Å². The van der Waals surface area contributed by atoms with E-state index in [2.05, 4.69) is 46.3 Å². The molecule has 1 amide bonds. The number of fused-ring (bicyclic) bond motifs is 1. The number of carbonyl (C=O) groups is 1. The summed E-state index contributed by atoms with van der Waals surface area (Å²) in [5, 5.41) is 4.27. The minimum atomic E-state index is -0.0930. The summed E-state index contributed by atoms with van der Waals surface area (Å²) in [5.41, 5.74) is 6.19. The van der Waals surface area contributed by atoms with Crippen molar-refractivity contribution in [3.8, 4) is 0 Å². The van der Waals surface area contributed by atoms with E-state index in [1.807, 2.05) is 6.20 Å². The van der Waals surface area contributed by atoms with Gasteiger partial charge in [-0.3, -0.25) is 4.79 Å². The topological polar surface area (TPSA) is 57.8 Å². The van der Waals surface area contributed by atoms with Gasteiger partial charge in [0.15, 0.2) is 0 Å². The molecule has 0 aliphatic heterocycles. The number of amides is 1. The average molecular weight is 333 g/mol. The monoisotopic (exact) mass is 333 g/mol.